The number of hydrogen-bond donors (Lipinski definition) is 1. The van der Waals surface area contributed by atoms with Crippen LogP contribution in [0.1, 0.15) is 30.0 Å². The molecule has 24 heavy (non-hydrogen) atoms. The highest BCUT2D eigenvalue weighted by Crippen LogP contribution is 2.45. The SMILES string of the molecule is Oc1cc2c(cc1C(c1ccc(Cl)cc1Cl)N1CCCC1)OCO2. The fraction of sp³-hybridized carbons (Fsp3) is 0.333. The summed E-state index contributed by atoms with van der Waals surface area (Å²) < 4.78 is 10.8. The van der Waals surface area contributed by atoms with Gasteiger partial charge in [0.15, 0.2) is 11.5 Å². The Morgan fingerprint density at radius 2 is 1.67 bits per heavy atom. The average molecular weight is 366 g/mol. The van der Waals surface area contributed by atoms with Crippen molar-refractivity contribution < 1.29 is 14.6 Å². The average Bonchev–Trinajstić information content (AvgIpc) is 3.21. The molecule has 2 aliphatic rings. The predicted molar refractivity (Wildman–Crippen MR) is 93.3 cm³/mol. The molecular weight excluding hydrogens is 349 g/mol. The molecule has 2 heterocycles. The Bertz CT molecular complexity index is 775. The van der Waals surface area contributed by atoms with Crippen LogP contribution >= 0.6 is 23.2 Å². The molecule has 1 N–H and O–H groups in total. The van der Waals surface area contributed by atoms with Crippen LogP contribution in [-0.2, 0) is 0 Å². The van der Waals surface area contributed by atoms with E-state index in [4.69, 9.17) is 32.7 Å². The van der Waals surface area contributed by atoms with Gasteiger partial charge in [-0.05, 0) is 49.7 Å². The Kier molecular flexibility index (Phi) is 4.21. The zero-order valence-electron chi connectivity index (χ0n) is 13.0. The van der Waals surface area contributed by atoms with Crippen molar-refractivity contribution in [2.75, 3.05) is 19.9 Å². The van der Waals surface area contributed by atoms with Crippen molar-refractivity contribution in [2.45, 2.75) is 18.9 Å². The van der Waals surface area contributed by atoms with Crippen LogP contribution in [0.2, 0.25) is 10.0 Å². The molecule has 0 aliphatic carbocycles. The van der Waals surface area contributed by atoms with Crippen molar-refractivity contribution in [3.8, 4) is 17.2 Å². The molecular formula is C18H17Cl2NO3. The molecule has 2 aromatic rings. The minimum Gasteiger partial charge on any atom is -0.507 e. The third-order valence-electron chi connectivity index (χ3n) is 4.58. The summed E-state index contributed by atoms with van der Waals surface area (Å²) in [6.45, 7) is 2.09. The molecule has 1 saturated heterocycles. The molecule has 2 aliphatic heterocycles. The zero-order chi connectivity index (χ0) is 16.7. The third-order valence-corrected chi connectivity index (χ3v) is 5.14. The summed E-state index contributed by atoms with van der Waals surface area (Å²) in [7, 11) is 0. The van der Waals surface area contributed by atoms with E-state index < -0.39 is 0 Å². The van der Waals surface area contributed by atoms with Gasteiger partial charge in [0.2, 0.25) is 6.79 Å². The van der Waals surface area contributed by atoms with Crippen LogP contribution in [0, 0.1) is 0 Å². The quantitative estimate of drug-likeness (QED) is 0.861. The molecule has 0 bridgehead atoms. The van der Waals surface area contributed by atoms with Gasteiger partial charge in [-0.1, -0.05) is 29.3 Å². The summed E-state index contributed by atoms with van der Waals surface area (Å²) in [6, 6.07) is 8.82. The normalized spacial score (nSPS) is 18.1. The van der Waals surface area contributed by atoms with Crippen molar-refractivity contribution in [3.05, 3.63) is 51.5 Å². The highest BCUT2D eigenvalue weighted by Gasteiger charge is 2.31. The first-order valence-electron chi connectivity index (χ1n) is 7.95. The van der Waals surface area contributed by atoms with Gasteiger partial charge in [0.25, 0.3) is 0 Å². The lowest BCUT2D eigenvalue weighted by molar-refractivity contribution is 0.173. The van der Waals surface area contributed by atoms with E-state index in [0.29, 0.717) is 21.5 Å². The van der Waals surface area contributed by atoms with Gasteiger partial charge in [-0.3, -0.25) is 4.90 Å². The lowest BCUT2D eigenvalue weighted by atomic mass is 9.95. The topological polar surface area (TPSA) is 41.9 Å². The van der Waals surface area contributed by atoms with Gasteiger partial charge in [-0.2, -0.15) is 0 Å². The van der Waals surface area contributed by atoms with Gasteiger partial charge in [0, 0.05) is 21.7 Å². The molecule has 126 valence electrons. The van der Waals surface area contributed by atoms with Crippen LogP contribution in [0.3, 0.4) is 0 Å². The second kappa shape index (κ2) is 6.36. The van der Waals surface area contributed by atoms with E-state index >= 15 is 0 Å². The molecule has 0 saturated carbocycles. The van der Waals surface area contributed by atoms with Crippen LogP contribution < -0.4 is 9.47 Å². The lowest BCUT2D eigenvalue weighted by Crippen LogP contribution is -2.27. The molecule has 2 aromatic carbocycles. The van der Waals surface area contributed by atoms with Crippen molar-refractivity contribution in [1.82, 2.24) is 4.90 Å². The van der Waals surface area contributed by atoms with Crippen molar-refractivity contribution in [3.63, 3.8) is 0 Å². The van der Waals surface area contributed by atoms with Gasteiger partial charge in [0.1, 0.15) is 5.75 Å². The monoisotopic (exact) mass is 365 g/mol. The number of aromatic hydroxyl groups is 1. The van der Waals surface area contributed by atoms with E-state index in [1.54, 1.807) is 12.1 Å². The van der Waals surface area contributed by atoms with Crippen molar-refractivity contribution in [2.24, 2.45) is 0 Å². The first-order chi connectivity index (χ1) is 11.6. The molecule has 4 rings (SSSR count). The van der Waals surface area contributed by atoms with Gasteiger partial charge in [-0.15, -0.1) is 0 Å². The fourth-order valence-electron chi connectivity index (χ4n) is 3.45. The second-order valence-electron chi connectivity index (χ2n) is 6.08. The number of benzene rings is 2. The minimum absolute atomic E-state index is 0.147. The molecule has 1 fully saturated rings. The third kappa shape index (κ3) is 2.79. The molecule has 6 heteroatoms. The van der Waals surface area contributed by atoms with Crippen molar-refractivity contribution in [1.29, 1.82) is 0 Å². The minimum atomic E-state index is -0.147. The Labute approximate surface area is 150 Å². The number of hydrogen-bond acceptors (Lipinski definition) is 4. The van der Waals surface area contributed by atoms with Crippen molar-refractivity contribution >= 4 is 23.2 Å². The molecule has 0 spiro atoms. The summed E-state index contributed by atoms with van der Waals surface area (Å²) >= 11 is 12.5. The molecule has 4 nitrogen and oxygen atoms in total. The van der Waals surface area contributed by atoms with E-state index in [9.17, 15) is 5.11 Å². The summed E-state index contributed by atoms with van der Waals surface area (Å²) in [6.07, 6.45) is 2.26. The zero-order valence-corrected chi connectivity index (χ0v) is 14.5. The molecule has 0 amide bonds. The summed E-state index contributed by atoms with van der Waals surface area (Å²) in [5.41, 5.74) is 1.70. The first-order valence-corrected chi connectivity index (χ1v) is 8.70. The predicted octanol–water partition coefficient (Wildman–Crippen LogP) is 4.61. The van der Waals surface area contributed by atoms with E-state index in [2.05, 4.69) is 4.90 Å². The van der Waals surface area contributed by atoms with Gasteiger partial charge >= 0.3 is 0 Å². The smallest absolute Gasteiger partial charge is 0.231 e. The van der Waals surface area contributed by atoms with E-state index in [0.717, 1.165) is 37.1 Å². The molecule has 0 aromatic heterocycles. The van der Waals surface area contributed by atoms with Gasteiger partial charge in [0.05, 0.1) is 6.04 Å². The second-order valence-corrected chi connectivity index (χ2v) is 6.92. The standard InChI is InChI=1S/C18H17Cl2NO3/c19-11-3-4-12(14(20)7-11)18(21-5-1-2-6-21)13-8-16-17(9-15(13)22)24-10-23-16/h3-4,7-9,18,22H,1-2,5-6,10H2. The first kappa shape index (κ1) is 15.9. The summed E-state index contributed by atoms with van der Waals surface area (Å²) in [5, 5.41) is 11.8. The van der Waals surface area contributed by atoms with Crippen LogP contribution in [0.4, 0.5) is 0 Å². The number of likely N-dealkylation sites (tertiary alicyclic amines) is 1. The number of nitrogens with zero attached hydrogens (tertiary/aromatic N) is 1. The number of phenols is 1. The fourth-order valence-corrected chi connectivity index (χ4v) is 3.96. The lowest BCUT2D eigenvalue weighted by Gasteiger charge is -2.29. The molecule has 0 radical (unpaired) electrons. The van der Waals surface area contributed by atoms with E-state index in [1.165, 1.54) is 0 Å². The van der Waals surface area contributed by atoms with E-state index in [-0.39, 0.29) is 18.6 Å². The molecule has 1 atom stereocenters. The van der Waals surface area contributed by atoms with Gasteiger partial charge < -0.3 is 14.6 Å². The summed E-state index contributed by atoms with van der Waals surface area (Å²) in [4.78, 5) is 2.33. The maximum Gasteiger partial charge on any atom is 0.231 e. The Balaban J connectivity index is 1.84. The van der Waals surface area contributed by atoms with E-state index in [1.807, 2.05) is 18.2 Å². The largest absolute Gasteiger partial charge is 0.507 e. The van der Waals surface area contributed by atoms with Crippen LogP contribution in [0.5, 0.6) is 17.2 Å². The van der Waals surface area contributed by atoms with Gasteiger partial charge in [-0.25, -0.2) is 0 Å². The van der Waals surface area contributed by atoms with Crippen LogP contribution in [0.15, 0.2) is 30.3 Å². The number of phenolic OH excluding ortho intramolecular Hbond substituents is 1. The Morgan fingerprint density at radius 1 is 0.958 bits per heavy atom. The maximum atomic E-state index is 10.6. The highest BCUT2D eigenvalue weighted by molar-refractivity contribution is 6.35. The number of ether oxygens (including phenoxy) is 2. The number of halogens is 2. The highest BCUT2D eigenvalue weighted by atomic mass is 35.5. The number of fused-ring (bicyclic) bond motifs is 1. The van der Waals surface area contributed by atoms with Crippen LogP contribution in [0.25, 0.3) is 0 Å². The summed E-state index contributed by atoms with van der Waals surface area (Å²) in [5.74, 6) is 1.40. The maximum absolute atomic E-state index is 10.6. The molecule has 1 unspecified atom stereocenters. The Hall–Kier alpha value is -1.62. The Morgan fingerprint density at radius 3 is 2.38 bits per heavy atom. The van der Waals surface area contributed by atoms with Crippen LogP contribution in [-0.4, -0.2) is 29.9 Å². The number of rotatable bonds is 3.